The SMILES string of the molecule is COc1cccc(-c2cccc3c(C4CN(Cc5ccncc5)CCO4)ncn23)c1. The fourth-order valence-corrected chi connectivity index (χ4v) is 4.06. The summed E-state index contributed by atoms with van der Waals surface area (Å²) in [6.07, 6.45) is 5.53. The number of nitrogens with zero attached hydrogens (tertiary/aromatic N) is 4. The molecule has 1 unspecified atom stereocenters. The van der Waals surface area contributed by atoms with Crippen LogP contribution in [-0.4, -0.2) is 46.1 Å². The maximum absolute atomic E-state index is 6.13. The van der Waals surface area contributed by atoms with E-state index in [0.717, 1.165) is 47.9 Å². The van der Waals surface area contributed by atoms with Crippen LogP contribution in [0.15, 0.2) is 73.3 Å². The second-order valence-electron chi connectivity index (χ2n) is 7.48. The van der Waals surface area contributed by atoms with Gasteiger partial charge in [-0.3, -0.25) is 14.3 Å². The molecule has 0 bridgehead atoms. The third-order valence-corrected chi connectivity index (χ3v) is 5.58. The zero-order valence-corrected chi connectivity index (χ0v) is 16.9. The summed E-state index contributed by atoms with van der Waals surface area (Å²) in [6.45, 7) is 3.33. The van der Waals surface area contributed by atoms with Gasteiger partial charge in [0.2, 0.25) is 0 Å². The van der Waals surface area contributed by atoms with Gasteiger partial charge >= 0.3 is 0 Å². The molecule has 0 aliphatic carbocycles. The standard InChI is InChI=1S/C24H24N4O2/c1-29-20-5-2-4-19(14-20)21-6-3-7-22-24(26-17-28(21)22)23-16-27(12-13-30-23)15-18-8-10-25-11-9-18/h2-11,14,17,23H,12-13,15-16H2,1H3. The van der Waals surface area contributed by atoms with Crippen molar-refractivity contribution in [2.45, 2.75) is 12.6 Å². The van der Waals surface area contributed by atoms with Crippen LogP contribution in [0.4, 0.5) is 0 Å². The number of hydrogen-bond acceptors (Lipinski definition) is 5. The number of hydrogen-bond donors (Lipinski definition) is 0. The molecule has 0 amide bonds. The highest BCUT2D eigenvalue weighted by atomic mass is 16.5. The van der Waals surface area contributed by atoms with E-state index < -0.39 is 0 Å². The predicted molar refractivity (Wildman–Crippen MR) is 115 cm³/mol. The summed E-state index contributed by atoms with van der Waals surface area (Å²) in [6, 6.07) is 18.5. The molecule has 3 aromatic heterocycles. The van der Waals surface area contributed by atoms with Gasteiger partial charge in [-0.1, -0.05) is 18.2 Å². The zero-order valence-electron chi connectivity index (χ0n) is 16.9. The van der Waals surface area contributed by atoms with Crippen LogP contribution in [0.3, 0.4) is 0 Å². The lowest BCUT2D eigenvalue weighted by atomic mass is 10.1. The van der Waals surface area contributed by atoms with E-state index >= 15 is 0 Å². The molecule has 6 heteroatoms. The summed E-state index contributed by atoms with van der Waals surface area (Å²) >= 11 is 0. The highest BCUT2D eigenvalue weighted by Gasteiger charge is 2.26. The van der Waals surface area contributed by atoms with Crippen molar-refractivity contribution in [1.29, 1.82) is 0 Å². The molecule has 30 heavy (non-hydrogen) atoms. The van der Waals surface area contributed by atoms with Gasteiger partial charge in [-0.15, -0.1) is 0 Å². The van der Waals surface area contributed by atoms with E-state index in [4.69, 9.17) is 14.5 Å². The molecule has 1 saturated heterocycles. The number of aromatic nitrogens is 3. The minimum atomic E-state index is -0.0499. The van der Waals surface area contributed by atoms with Gasteiger partial charge in [-0.25, -0.2) is 4.98 Å². The molecule has 1 atom stereocenters. The van der Waals surface area contributed by atoms with Gasteiger partial charge in [-0.2, -0.15) is 0 Å². The highest BCUT2D eigenvalue weighted by Crippen LogP contribution is 2.30. The molecule has 1 aromatic carbocycles. The summed E-state index contributed by atoms with van der Waals surface area (Å²) in [4.78, 5) is 11.3. The second kappa shape index (κ2) is 8.26. The number of pyridine rings is 2. The topological polar surface area (TPSA) is 51.9 Å². The molecule has 4 heterocycles. The minimum Gasteiger partial charge on any atom is -0.497 e. The van der Waals surface area contributed by atoms with Crippen LogP contribution < -0.4 is 4.74 Å². The molecule has 1 aliphatic heterocycles. The summed E-state index contributed by atoms with van der Waals surface area (Å²) in [7, 11) is 1.69. The van der Waals surface area contributed by atoms with Crippen LogP contribution in [0.25, 0.3) is 16.8 Å². The van der Waals surface area contributed by atoms with Crippen LogP contribution >= 0.6 is 0 Å². The fourth-order valence-electron chi connectivity index (χ4n) is 4.06. The second-order valence-corrected chi connectivity index (χ2v) is 7.48. The lowest BCUT2D eigenvalue weighted by Crippen LogP contribution is -2.38. The Kier molecular flexibility index (Phi) is 5.17. The maximum atomic E-state index is 6.13. The molecule has 0 saturated carbocycles. The molecule has 0 N–H and O–H groups in total. The van der Waals surface area contributed by atoms with E-state index in [-0.39, 0.29) is 6.10 Å². The molecule has 1 fully saturated rings. The number of morpholine rings is 1. The normalized spacial score (nSPS) is 17.3. The summed E-state index contributed by atoms with van der Waals surface area (Å²) < 4.78 is 13.7. The molecule has 0 radical (unpaired) electrons. The van der Waals surface area contributed by atoms with Crippen LogP contribution in [-0.2, 0) is 11.3 Å². The van der Waals surface area contributed by atoms with Crippen LogP contribution in [0, 0.1) is 0 Å². The Morgan fingerprint density at radius 3 is 2.83 bits per heavy atom. The Morgan fingerprint density at radius 2 is 1.97 bits per heavy atom. The van der Waals surface area contributed by atoms with Gasteiger partial charge in [0.15, 0.2) is 0 Å². The average molecular weight is 400 g/mol. The highest BCUT2D eigenvalue weighted by molar-refractivity contribution is 5.67. The number of imidazole rings is 1. The lowest BCUT2D eigenvalue weighted by Gasteiger charge is -2.32. The molecule has 5 rings (SSSR count). The lowest BCUT2D eigenvalue weighted by molar-refractivity contribution is -0.0340. The molecular weight excluding hydrogens is 376 g/mol. The summed E-state index contributed by atoms with van der Waals surface area (Å²) in [5, 5.41) is 0. The van der Waals surface area contributed by atoms with Crippen molar-refractivity contribution >= 4 is 5.52 Å². The van der Waals surface area contributed by atoms with E-state index in [1.165, 1.54) is 5.56 Å². The van der Waals surface area contributed by atoms with Crippen molar-refractivity contribution in [3.8, 4) is 17.0 Å². The Hall–Kier alpha value is -3.22. The molecule has 4 aromatic rings. The Bertz CT molecular complexity index is 1140. The van der Waals surface area contributed by atoms with E-state index in [1.807, 2.05) is 36.9 Å². The Balaban J connectivity index is 1.43. The van der Waals surface area contributed by atoms with Gasteiger partial charge in [0.05, 0.1) is 30.6 Å². The first-order valence-corrected chi connectivity index (χ1v) is 10.1. The summed E-state index contributed by atoms with van der Waals surface area (Å²) in [5.41, 5.74) is 5.49. The largest absolute Gasteiger partial charge is 0.497 e. The number of methoxy groups -OCH3 is 1. The summed E-state index contributed by atoms with van der Waals surface area (Å²) in [5.74, 6) is 0.840. The first-order valence-electron chi connectivity index (χ1n) is 10.1. The fraction of sp³-hybridized carbons (Fsp3) is 0.250. The van der Waals surface area contributed by atoms with Crippen molar-refractivity contribution < 1.29 is 9.47 Å². The Morgan fingerprint density at radius 1 is 1.10 bits per heavy atom. The molecule has 0 spiro atoms. The quantitative estimate of drug-likeness (QED) is 0.507. The van der Waals surface area contributed by atoms with Crippen molar-refractivity contribution in [2.75, 3.05) is 26.8 Å². The molecular formula is C24H24N4O2. The minimum absolute atomic E-state index is 0.0499. The third kappa shape index (κ3) is 3.67. The number of ether oxygens (including phenoxy) is 2. The number of rotatable bonds is 5. The molecule has 1 aliphatic rings. The van der Waals surface area contributed by atoms with Crippen LogP contribution in [0.1, 0.15) is 17.4 Å². The van der Waals surface area contributed by atoms with Gasteiger partial charge < -0.3 is 9.47 Å². The predicted octanol–water partition coefficient (Wildman–Crippen LogP) is 3.98. The zero-order chi connectivity index (χ0) is 20.3. The Labute approximate surface area is 175 Å². The first kappa shape index (κ1) is 18.8. The van der Waals surface area contributed by atoms with Crippen molar-refractivity contribution in [2.24, 2.45) is 0 Å². The number of benzene rings is 1. The van der Waals surface area contributed by atoms with Gasteiger partial charge in [-0.05, 0) is 42.0 Å². The first-order chi connectivity index (χ1) is 14.8. The van der Waals surface area contributed by atoms with Gasteiger partial charge in [0.25, 0.3) is 0 Å². The molecule has 152 valence electrons. The number of fused-ring (bicyclic) bond motifs is 1. The van der Waals surface area contributed by atoms with Crippen LogP contribution in [0.5, 0.6) is 5.75 Å². The third-order valence-electron chi connectivity index (χ3n) is 5.58. The van der Waals surface area contributed by atoms with Crippen molar-refractivity contribution in [3.05, 3.63) is 84.6 Å². The van der Waals surface area contributed by atoms with E-state index in [0.29, 0.717) is 6.61 Å². The van der Waals surface area contributed by atoms with Crippen molar-refractivity contribution in [1.82, 2.24) is 19.3 Å². The monoisotopic (exact) mass is 400 g/mol. The maximum Gasteiger partial charge on any atom is 0.119 e. The van der Waals surface area contributed by atoms with Crippen molar-refractivity contribution in [3.63, 3.8) is 0 Å². The van der Waals surface area contributed by atoms with Gasteiger partial charge in [0.1, 0.15) is 18.2 Å². The van der Waals surface area contributed by atoms with E-state index in [2.05, 4.69) is 50.7 Å². The average Bonchev–Trinajstić information content (AvgIpc) is 3.24. The van der Waals surface area contributed by atoms with Crippen LogP contribution in [0.2, 0.25) is 0 Å². The van der Waals surface area contributed by atoms with Gasteiger partial charge in [0, 0.05) is 37.6 Å². The smallest absolute Gasteiger partial charge is 0.119 e. The van der Waals surface area contributed by atoms with E-state index in [1.54, 1.807) is 7.11 Å². The van der Waals surface area contributed by atoms with E-state index in [9.17, 15) is 0 Å². The molecule has 6 nitrogen and oxygen atoms in total.